The fourth-order valence-corrected chi connectivity index (χ4v) is 8.40. The maximum atomic E-state index is 15.0. The third-order valence-corrected chi connectivity index (χ3v) is 13.2. The molecule has 24 heteroatoms. The van der Waals surface area contributed by atoms with Crippen LogP contribution in [-0.2, 0) is 75.3 Å². The van der Waals surface area contributed by atoms with Crippen LogP contribution in [0.2, 0.25) is 0 Å². The van der Waals surface area contributed by atoms with Gasteiger partial charge in [0.1, 0.15) is 60.9 Å². The van der Waals surface area contributed by atoms with E-state index in [2.05, 4.69) is 30.8 Å². The van der Waals surface area contributed by atoms with E-state index in [1.54, 1.807) is 88.4 Å². The van der Waals surface area contributed by atoms with Gasteiger partial charge in [0.05, 0.1) is 0 Å². The molecule has 2 bridgehead atoms. The fraction of sp³-hybridized carbons (Fsp3) is 0.542. The van der Waals surface area contributed by atoms with Crippen molar-refractivity contribution in [3.63, 3.8) is 0 Å². The van der Waals surface area contributed by atoms with Crippen molar-refractivity contribution in [2.75, 3.05) is 20.8 Å². The minimum Gasteiger partial charge on any atom is -0.726 e. The number of amides is 7. The Bertz CT molecular complexity index is 2360. The number of hydrogen-bond acceptors (Lipinski definition) is 15. The van der Waals surface area contributed by atoms with Gasteiger partial charge in [0, 0.05) is 27.0 Å². The first kappa shape index (κ1) is 61.0. The topological polar surface area (TPSA) is 308 Å². The second kappa shape index (κ2) is 28.3. The molecule has 2 heterocycles. The zero-order chi connectivity index (χ0) is 52.7. The number of allylic oxidation sites excluding steroid dienone is 1. The smallest absolute Gasteiger partial charge is 0.726 e. The normalized spacial score (nSPS) is 25.1. The zero-order valence-corrected chi connectivity index (χ0v) is 44.9. The Morgan fingerprint density at radius 3 is 2.00 bits per heavy atom. The van der Waals surface area contributed by atoms with E-state index in [1.807, 2.05) is 0 Å². The number of esters is 1. The summed E-state index contributed by atoms with van der Waals surface area (Å²) >= 11 is 0. The van der Waals surface area contributed by atoms with Gasteiger partial charge in [0.25, 0.3) is 17.7 Å². The monoisotopic (exact) mass is 1040 g/mol. The van der Waals surface area contributed by atoms with Crippen LogP contribution in [0.4, 0.5) is 0 Å². The number of likely N-dealkylation sites (N-methyl/N-ethyl adjacent to an activating group) is 1. The van der Waals surface area contributed by atoms with Crippen molar-refractivity contribution in [2.24, 2.45) is 11.8 Å². The van der Waals surface area contributed by atoms with Crippen LogP contribution in [-0.4, -0.2) is 151 Å². The summed E-state index contributed by atoms with van der Waals surface area (Å²) in [4.78, 5) is 117. The van der Waals surface area contributed by atoms with E-state index < -0.39 is 137 Å². The maximum Gasteiger partial charge on any atom is 1.00 e. The number of fused-ring (bicyclic) bond motifs is 2. The third-order valence-electron chi connectivity index (χ3n) is 12.8. The van der Waals surface area contributed by atoms with E-state index in [0.717, 1.165) is 12.0 Å². The van der Waals surface area contributed by atoms with Crippen molar-refractivity contribution in [1.82, 2.24) is 36.4 Å². The molecule has 0 saturated carbocycles. The van der Waals surface area contributed by atoms with Gasteiger partial charge in [0.15, 0.2) is 6.10 Å². The molecule has 390 valence electrons. The second-order valence-electron chi connectivity index (χ2n) is 17.7. The van der Waals surface area contributed by atoms with E-state index in [4.69, 9.17) is 9.47 Å². The van der Waals surface area contributed by atoms with Gasteiger partial charge in [-0.15, -0.1) is 0 Å². The predicted octanol–water partition coefficient (Wildman–Crippen LogP) is -2.90. The summed E-state index contributed by atoms with van der Waals surface area (Å²) in [6, 6.07) is 8.67. The minimum absolute atomic E-state index is 0. The van der Waals surface area contributed by atoms with Gasteiger partial charge in [-0.25, -0.2) is 13.2 Å². The number of carbonyl (C=O) groups excluding carboxylic acids is 8. The molecule has 2 saturated heterocycles. The summed E-state index contributed by atoms with van der Waals surface area (Å²) in [7, 11) is -2.82. The number of nitrogens with zero attached hydrogens (tertiary/aromatic N) is 2. The number of benzene rings is 2. The number of ether oxygens (including phenoxy) is 2. The number of nitrogens with one attached hydrogen (secondary N) is 5. The zero-order valence-electron chi connectivity index (χ0n) is 42.1. The molecule has 7 amide bonds. The van der Waals surface area contributed by atoms with E-state index in [1.165, 1.54) is 31.9 Å². The average Bonchev–Trinajstić information content (AvgIpc) is 3.34. The van der Waals surface area contributed by atoms with E-state index in [-0.39, 0.29) is 61.7 Å². The largest absolute Gasteiger partial charge is 1.00 e. The molecular formula is C48H66N7NaO15S. The van der Waals surface area contributed by atoms with E-state index in [0.29, 0.717) is 17.5 Å². The standard InChI is InChI=1S/C48H67N7O15S.Na/c1-9-27(4)38(51-43(59)36(68-8)26-69-71(65,66)67)44(60)53-40-29(6)70-48(64)39(28(5)10-2)52-42(58)34(24-30-18-14-12-15-19-30)54(7)47(63)35(25-31-20-16-13-17-21-31)55-37(56)23-22-33(46(55)62)50-41(57)32(11-3)49-45(40)61;/h11-21,27-29,33-40,56H,9-10,22-26H2,1-8H3,(H,49,61)(H,50,57)(H,51,59)(H,52,58)(H,53,60)(H,65,66,67);/q;+1/p-1/b32-11-;/t27-,28+,29+,33-,34-,35-,36+,37+,38-,39-,40-;/m0./s1. The van der Waals surface area contributed by atoms with Crippen LogP contribution in [0, 0.1) is 11.8 Å². The molecule has 2 aliphatic heterocycles. The van der Waals surface area contributed by atoms with Crippen molar-refractivity contribution in [1.29, 1.82) is 0 Å². The van der Waals surface area contributed by atoms with Crippen LogP contribution < -0.4 is 56.1 Å². The number of methoxy groups -OCH3 is 1. The van der Waals surface area contributed by atoms with Gasteiger partial charge < -0.3 is 55.5 Å². The molecule has 11 atom stereocenters. The summed E-state index contributed by atoms with van der Waals surface area (Å²) < 4.78 is 48.5. The van der Waals surface area contributed by atoms with Gasteiger partial charge in [-0.05, 0) is 49.7 Å². The summed E-state index contributed by atoms with van der Waals surface area (Å²) in [5, 5.41) is 24.2. The number of cyclic esters (lactones) is 1. The number of aliphatic hydroxyl groups is 1. The number of piperidine rings is 1. The SMILES string of the molecule is C/C=C1\NC(=O)[C@@H](NC(=O)[C@@H](NC(=O)[C@@H](COS(=O)(=O)[O-])OC)[C@@H](C)CC)[C@@H](C)OC(=O)[C@H]([C@H](C)CC)NC(=O)[C@H](Cc2ccccc2)N(C)C(=O)[C@H](Cc2ccccc2)N2C(=O)[C@H](CC[C@H]2O)NC1=O.[Na+]. The number of aliphatic hydroxyl groups excluding tert-OH is 1. The molecule has 0 unspecified atom stereocenters. The van der Waals surface area contributed by atoms with Crippen LogP contribution in [0.25, 0.3) is 0 Å². The molecule has 72 heavy (non-hydrogen) atoms. The minimum atomic E-state index is -5.24. The van der Waals surface area contributed by atoms with Crippen LogP contribution in [0.1, 0.15) is 78.4 Å². The van der Waals surface area contributed by atoms with Crippen molar-refractivity contribution in [2.45, 2.75) is 135 Å². The number of rotatable bonds is 16. The maximum absolute atomic E-state index is 15.0. The van der Waals surface area contributed by atoms with Crippen molar-refractivity contribution < 1.29 is 99.6 Å². The molecule has 2 fully saturated rings. The Balaban J connectivity index is 0.0000137. The molecule has 22 nitrogen and oxygen atoms in total. The van der Waals surface area contributed by atoms with Gasteiger partial charge >= 0.3 is 35.5 Å². The Hall–Kier alpha value is -5.27. The van der Waals surface area contributed by atoms with Crippen LogP contribution >= 0.6 is 0 Å². The first-order valence-electron chi connectivity index (χ1n) is 23.4. The fourth-order valence-electron chi connectivity index (χ4n) is 8.11. The molecule has 2 aromatic rings. The van der Waals surface area contributed by atoms with Crippen LogP contribution in [0.15, 0.2) is 72.4 Å². The Labute approximate surface area is 442 Å². The van der Waals surface area contributed by atoms with Gasteiger partial charge in [-0.3, -0.25) is 37.7 Å². The van der Waals surface area contributed by atoms with Crippen LogP contribution in [0.3, 0.4) is 0 Å². The van der Waals surface area contributed by atoms with E-state index in [9.17, 15) is 51.6 Å². The molecule has 0 aliphatic carbocycles. The van der Waals surface area contributed by atoms with Crippen molar-refractivity contribution in [3.05, 3.63) is 83.6 Å². The summed E-state index contributed by atoms with van der Waals surface area (Å²) in [5.41, 5.74) is 0.836. The molecule has 0 spiro atoms. The predicted molar refractivity (Wildman–Crippen MR) is 253 cm³/mol. The van der Waals surface area contributed by atoms with Crippen molar-refractivity contribution in [3.8, 4) is 0 Å². The molecule has 2 aliphatic rings. The number of carbonyl (C=O) groups is 8. The average molecular weight is 1040 g/mol. The molecule has 0 aromatic heterocycles. The summed E-state index contributed by atoms with van der Waals surface area (Å²) in [5.74, 6) is -8.84. The third kappa shape index (κ3) is 16.6. The molecule has 4 rings (SSSR count). The van der Waals surface area contributed by atoms with Crippen molar-refractivity contribution >= 4 is 57.7 Å². The summed E-state index contributed by atoms with van der Waals surface area (Å²) in [6.45, 7) is 8.33. The van der Waals surface area contributed by atoms with E-state index >= 15 is 4.79 Å². The molecular weight excluding hydrogens is 970 g/mol. The Kier molecular flexibility index (Phi) is 23.9. The first-order chi connectivity index (χ1) is 33.5. The second-order valence-corrected chi connectivity index (χ2v) is 18.7. The van der Waals surface area contributed by atoms with Gasteiger partial charge in [0.2, 0.25) is 34.0 Å². The molecule has 2 aromatic carbocycles. The molecule has 6 N–H and O–H groups in total. The quantitative estimate of drug-likeness (QED) is 0.0323. The van der Waals surface area contributed by atoms with Gasteiger partial charge in [-0.1, -0.05) is 107 Å². The molecule has 0 radical (unpaired) electrons. The van der Waals surface area contributed by atoms with Crippen LogP contribution in [0.5, 0.6) is 0 Å². The first-order valence-corrected chi connectivity index (χ1v) is 24.8. The van der Waals surface area contributed by atoms with Gasteiger partial charge in [-0.2, -0.15) is 0 Å². The summed E-state index contributed by atoms with van der Waals surface area (Å²) in [6.07, 6.45) is -3.32. The Morgan fingerprint density at radius 1 is 0.889 bits per heavy atom. The Morgan fingerprint density at radius 2 is 1.47 bits per heavy atom. The number of hydrogen-bond donors (Lipinski definition) is 6.